The van der Waals surface area contributed by atoms with E-state index in [0.29, 0.717) is 6.07 Å². The Morgan fingerprint density at radius 2 is 2.05 bits per heavy atom. The van der Waals surface area contributed by atoms with Crippen LogP contribution in [0.4, 0.5) is 13.2 Å². The molecule has 1 aromatic carbocycles. The number of rotatable bonds is 2. The van der Waals surface area contributed by atoms with E-state index in [9.17, 15) is 18.0 Å². The molecule has 0 fully saturated rings. The van der Waals surface area contributed by atoms with Gasteiger partial charge in [0.05, 0.1) is 22.6 Å². The zero-order valence-electron chi connectivity index (χ0n) is 9.64. The molecule has 0 atom stereocenters. The topological polar surface area (TPSA) is 39.2 Å². The molecular weight excluding hydrogens is 283 g/mol. The molecule has 19 heavy (non-hydrogen) atoms. The van der Waals surface area contributed by atoms with Gasteiger partial charge in [0, 0.05) is 12.3 Å². The number of carbonyl (C=O) groups excluding carboxylic acids is 1. The third-order valence-corrected chi connectivity index (χ3v) is 2.81. The summed E-state index contributed by atoms with van der Waals surface area (Å²) in [6.45, 7) is 1.67. The number of nitrogens with zero attached hydrogens (tertiary/aromatic N) is 1. The second kappa shape index (κ2) is 5.05. The first-order valence-corrected chi connectivity index (χ1v) is 5.64. The van der Waals surface area contributed by atoms with Gasteiger partial charge < -0.3 is 4.74 Å². The maximum atomic E-state index is 13.6. The average molecular weight is 290 g/mol. The first kappa shape index (κ1) is 13.6. The van der Waals surface area contributed by atoms with Gasteiger partial charge in [0.25, 0.3) is 0 Å². The monoisotopic (exact) mass is 289 g/mol. The predicted octanol–water partition coefficient (Wildman–Crippen LogP) is 3.48. The van der Waals surface area contributed by atoms with E-state index in [1.807, 2.05) is 0 Å². The number of aromatic nitrogens is 1. The molecule has 0 spiro atoms. The van der Waals surface area contributed by atoms with Crippen LogP contribution in [0.3, 0.4) is 0 Å². The van der Waals surface area contributed by atoms with Crippen molar-refractivity contribution in [3.8, 4) is 0 Å². The zero-order chi connectivity index (χ0) is 14.2. The highest BCUT2D eigenvalue weighted by molar-refractivity contribution is 6.38. The van der Waals surface area contributed by atoms with E-state index >= 15 is 0 Å². The molecular formula is C12H7ClF3NO2. The van der Waals surface area contributed by atoms with Crippen molar-refractivity contribution in [2.75, 3.05) is 6.61 Å². The molecule has 0 aliphatic carbocycles. The van der Waals surface area contributed by atoms with E-state index in [2.05, 4.69) is 4.98 Å². The Labute approximate surface area is 111 Å². The molecule has 0 radical (unpaired) electrons. The number of benzene rings is 1. The summed E-state index contributed by atoms with van der Waals surface area (Å²) in [5.41, 5.74) is -0.781. The first-order valence-electron chi connectivity index (χ1n) is 5.26. The van der Waals surface area contributed by atoms with Crippen molar-refractivity contribution in [2.45, 2.75) is 6.92 Å². The molecule has 0 aliphatic heterocycles. The Bertz CT molecular complexity index is 676. The molecule has 0 saturated heterocycles. The van der Waals surface area contributed by atoms with Crippen LogP contribution in [0, 0.1) is 17.5 Å². The van der Waals surface area contributed by atoms with Gasteiger partial charge in [0.15, 0.2) is 11.6 Å². The minimum atomic E-state index is -1.38. The standard InChI is InChI=1S/C12H7ClF3NO2/c1-2-19-12(18)5-4-17-11-8(9(5)13)6(14)3-7(15)10(11)16/h3-4H,2H2,1H3. The number of hydrogen-bond acceptors (Lipinski definition) is 3. The van der Waals surface area contributed by atoms with Crippen LogP contribution in [0.5, 0.6) is 0 Å². The fourth-order valence-corrected chi connectivity index (χ4v) is 1.89. The SMILES string of the molecule is CCOC(=O)c1cnc2c(F)c(F)cc(F)c2c1Cl. The second-order valence-electron chi connectivity index (χ2n) is 3.58. The van der Waals surface area contributed by atoms with Gasteiger partial charge in [-0.1, -0.05) is 11.6 Å². The van der Waals surface area contributed by atoms with Crippen LogP contribution >= 0.6 is 11.6 Å². The van der Waals surface area contributed by atoms with Crippen molar-refractivity contribution in [2.24, 2.45) is 0 Å². The molecule has 0 saturated carbocycles. The Hall–Kier alpha value is -1.82. The number of carbonyl (C=O) groups is 1. The van der Waals surface area contributed by atoms with Crippen LogP contribution in [-0.4, -0.2) is 17.6 Å². The molecule has 0 aliphatic rings. The summed E-state index contributed by atoms with van der Waals surface area (Å²) in [6.07, 6.45) is 0.921. The van der Waals surface area contributed by atoms with Crippen LogP contribution in [0.1, 0.15) is 17.3 Å². The largest absolute Gasteiger partial charge is 0.462 e. The van der Waals surface area contributed by atoms with Gasteiger partial charge in [-0.15, -0.1) is 0 Å². The van der Waals surface area contributed by atoms with Gasteiger partial charge in [-0.25, -0.2) is 18.0 Å². The summed E-state index contributed by atoms with van der Waals surface area (Å²) >= 11 is 5.83. The number of esters is 1. The lowest BCUT2D eigenvalue weighted by Crippen LogP contribution is -2.07. The smallest absolute Gasteiger partial charge is 0.341 e. The fraction of sp³-hybridized carbons (Fsp3) is 0.167. The molecule has 100 valence electrons. The Kier molecular flexibility index (Phi) is 3.61. The number of halogens is 4. The second-order valence-corrected chi connectivity index (χ2v) is 3.96. The minimum Gasteiger partial charge on any atom is -0.462 e. The van der Waals surface area contributed by atoms with Crippen molar-refractivity contribution < 1.29 is 22.7 Å². The molecule has 0 N–H and O–H groups in total. The molecule has 2 rings (SSSR count). The number of pyridine rings is 1. The van der Waals surface area contributed by atoms with E-state index < -0.39 is 34.3 Å². The Balaban J connectivity index is 2.75. The van der Waals surface area contributed by atoms with Gasteiger partial charge >= 0.3 is 5.97 Å². The van der Waals surface area contributed by atoms with Crippen LogP contribution in [0.2, 0.25) is 5.02 Å². The summed E-state index contributed by atoms with van der Waals surface area (Å²) in [6, 6.07) is 0.347. The first-order chi connectivity index (χ1) is 8.97. The molecule has 0 bridgehead atoms. The summed E-state index contributed by atoms with van der Waals surface area (Å²) in [4.78, 5) is 15.1. The Morgan fingerprint density at radius 3 is 2.68 bits per heavy atom. The van der Waals surface area contributed by atoms with E-state index in [4.69, 9.17) is 16.3 Å². The summed E-state index contributed by atoms with van der Waals surface area (Å²) < 4.78 is 44.8. The molecule has 7 heteroatoms. The summed E-state index contributed by atoms with van der Waals surface area (Å²) in [5.74, 6) is -4.62. The minimum absolute atomic E-state index is 0.0907. The molecule has 0 amide bonds. The lowest BCUT2D eigenvalue weighted by atomic mass is 10.1. The van der Waals surface area contributed by atoms with E-state index in [1.54, 1.807) is 6.92 Å². The van der Waals surface area contributed by atoms with Crippen molar-refractivity contribution in [3.63, 3.8) is 0 Å². The van der Waals surface area contributed by atoms with Gasteiger partial charge in [-0.3, -0.25) is 4.98 Å². The van der Waals surface area contributed by atoms with Gasteiger partial charge in [-0.05, 0) is 6.92 Å². The third kappa shape index (κ3) is 2.23. The maximum absolute atomic E-state index is 13.6. The van der Waals surface area contributed by atoms with E-state index in [1.165, 1.54) is 0 Å². The zero-order valence-corrected chi connectivity index (χ0v) is 10.4. The molecule has 1 aromatic heterocycles. The number of fused-ring (bicyclic) bond motifs is 1. The summed E-state index contributed by atoms with van der Waals surface area (Å²) in [7, 11) is 0. The van der Waals surface area contributed by atoms with Crippen molar-refractivity contribution in [1.29, 1.82) is 0 Å². The van der Waals surface area contributed by atoms with E-state index in [0.717, 1.165) is 6.20 Å². The highest BCUT2D eigenvalue weighted by atomic mass is 35.5. The fourth-order valence-electron chi connectivity index (χ4n) is 1.58. The number of hydrogen-bond donors (Lipinski definition) is 0. The Morgan fingerprint density at radius 1 is 1.37 bits per heavy atom. The van der Waals surface area contributed by atoms with Crippen molar-refractivity contribution >= 4 is 28.5 Å². The maximum Gasteiger partial charge on any atom is 0.341 e. The molecule has 3 nitrogen and oxygen atoms in total. The van der Waals surface area contributed by atoms with Gasteiger partial charge in [0.1, 0.15) is 11.3 Å². The number of ether oxygens (including phenoxy) is 1. The normalized spacial score (nSPS) is 10.8. The molecule has 2 aromatic rings. The van der Waals surface area contributed by atoms with Crippen LogP contribution < -0.4 is 0 Å². The van der Waals surface area contributed by atoms with Gasteiger partial charge in [0.2, 0.25) is 0 Å². The van der Waals surface area contributed by atoms with Gasteiger partial charge in [-0.2, -0.15) is 0 Å². The summed E-state index contributed by atoms with van der Waals surface area (Å²) in [5, 5.41) is -0.814. The lowest BCUT2D eigenvalue weighted by Gasteiger charge is -2.08. The van der Waals surface area contributed by atoms with Crippen molar-refractivity contribution in [1.82, 2.24) is 4.98 Å². The van der Waals surface area contributed by atoms with Crippen LogP contribution in [0.15, 0.2) is 12.3 Å². The van der Waals surface area contributed by atoms with Crippen LogP contribution in [0.25, 0.3) is 10.9 Å². The van der Waals surface area contributed by atoms with Crippen molar-refractivity contribution in [3.05, 3.63) is 40.3 Å². The quantitative estimate of drug-likeness (QED) is 0.627. The third-order valence-electron chi connectivity index (χ3n) is 2.42. The average Bonchev–Trinajstić information content (AvgIpc) is 2.35. The lowest BCUT2D eigenvalue weighted by molar-refractivity contribution is 0.0526. The van der Waals surface area contributed by atoms with E-state index in [-0.39, 0.29) is 17.2 Å². The molecule has 1 heterocycles. The highest BCUT2D eigenvalue weighted by Crippen LogP contribution is 2.31. The predicted molar refractivity (Wildman–Crippen MR) is 62.6 cm³/mol. The van der Waals surface area contributed by atoms with Crippen LogP contribution in [-0.2, 0) is 4.74 Å². The molecule has 0 unspecified atom stereocenters. The highest BCUT2D eigenvalue weighted by Gasteiger charge is 2.21.